The number of carbonyl (C=O) groups is 1. The Morgan fingerprint density at radius 2 is 1.85 bits per heavy atom. The van der Waals surface area contributed by atoms with E-state index in [1.807, 2.05) is 0 Å². The van der Waals surface area contributed by atoms with Crippen LogP contribution in [0.25, 0.3) is 0 Å². The number of halogens is 1. The molecule has 0 radical (unpaired) electrons. The second kappa shape index (κ2) is 11.5. The van der Waals surface area contributed by atoms with Crippen LogP contribution in [-0.2, 0) is 4.79 Å². The molecule has 0 aromatic carbocycles. The number of hydrogen-bond donors (Lipinski definition) is 1. The van der Waals surface area contributed by atoms with Gasteiger partial charge in [0, 0.05) is 0 Å². The van der Waals surface area contributed by atoms with E-state index in [0.29, 0.717) is 6.42 Å². The van der Waals surface area contributed by atoms with Gasteiger partial charge in [-0.3, -0.25) is 4.79 Å². The zero-order chi connectivity index (χ0) is 9.40. The van der Waals surface area contributed by atoms with Crippen molar-refractivity contribution in [2.75, 3.05) is 0 Å². The van der Waals surface area contributed by atoms with Crippen molar-refractivity contribution in [3.63, 3.8) is 0 Å². The molecular weight excluding hydrogens is 215 g/mol. The maximum atomic E-state index is 10.3. The summed E-state index contributed by atoms with van der Waals surface area (Å²) >= 11 is 5.53. The van der Waals surface area contributed by atoms with Crippen LogP contribution in [0.4, 0.5) is 0 Å². The fraction of sp³-hybridized carbons (Fsp3) is 0.889. The Labute approximate surface area is 128 Å². The van der Waals surface area contributed by atoms with E-state index in [1.165, 1.54) is 19.3 Å². The summed E-state index contributed by atoms with van der Waals surface area (Å²) in [5, 5.41) is 7.76. The summed E-state index contributed by atoms with van der Waals surface area (Å²) < 4.78 is 0. The standard InChI is InChI=1S/C9H17ClO2.K.H/c1-2-3-4-5-6-7-8(10)9(11)12;;/h8H,2-7H2,1H3,(H,11,12);;. The van der Waals surface area contributed by atoms with Gasteiger partial charge in [0.2, 0.25) is 0 Å². The molecule has 0 bridgehead atoms. The molecule has 4 heteroatoms. The molecule has 1 atom stereocenters. The van der Waals surface area contributed by atoms with Crippen molar-refractivity contribution in [1.82, 2.24) is 0 Å². The normalized spacial score (nSPS) is 11.8. The van der Waals surface area contributed by atoms with E-state index in [9.17, 15) is 4.79 Å². The summed E-state index contributed by atoms with van der Waals surface area (Å²) in [6, 6.07) is 0. The van der Waals surface area contributed by atoms with Gasteiger partial charge >= 0.3 is 57.4 Å². The maximum absolute atomic E-state index is 10.3. The van der Waals surface area contributed by atoms with Crippen LogP contribution >= 0.6 is 11.6 Å². The minimum atomic E-state index is -0.896. The minimum absolute atomic E-state index is 0. The van der Waals surface area contributed by atoms with Gasteiger partial charge in [-0.2, -0.15) is 0 Å². The molecule has 0 fully saturated rings. The van der Waals surface area contributed by atoms with Crippen LogP contribution in [0, 0.1) is 0 Å². The van der Waals surface area contributed by atoms with E-state index >= 15 is 0 Å². The van der Waals surface area contributed by atoms with Crippen LogP contribution in [0.1, 0.15) is 45.4 Å². The third-order valence-corrected chi connectivity index (χ3v) is 2.23. The van der Waals surface area contributed by atoms with Crippen molar-refractivity contribution in [2.24, 2.45) is 0 Å². The Bertz CT molecular complexity index is 131. The Morgan fingerprint density at radius 1 is 1.31 bits per heavy atom. The number of aliphatic carboxylic acids is 1. The zero-order valence-electron chi connectivity index (χ0n) is 7.55. The Kier molecular flexibility index (Phi) is 14.8. The molecule has 0 aliphatic rings. The van der Waals surface area contributed by atoms with Crippen LogP contribution in [0.3, 0.4) is 0 Å². The van der Waals surface area contributed by atoms with Crippen molar-refractivity contribution < 1.29 is 9.90 Å². The molecule has 0 saturated heterocycles. The van der Waals surface area contributed by atoms with Crippen molar-refractivity contribution in [3.8, 4) is 0 Å². The third kappa shape index (κ3) is 11.3. The summed E-state index contributed by atoms with van der Waals surface area (Å²) in [7, 11) is 0. The molecule has 0 aliphatic heterocycles. The molecule has 1 unspecified atom stereocenters. The van der Waals surface area contributed by atoms with Gasteiger partial charge in [-0.1, -0.05) is 39.0 Å². The Hall–Kier alpha value is 1.40. The number of unbranched alkanes of at least 4 members (excludes halogenated alkanes) is 4. The number of carboxylic acid groups (broad SMARTS) is 1. The summed E-state index contributed by atoms with van der Waals surface area (Å²) in [6.45, 7) is 2.15. The summed E-state index contributed by atoms with van der Waals surface area (Å²) in [5.41, 5.74) is 0. The van der Waals surface area contributed by atoms with E-state index in [1.54, 1.807) is 0 Å². The molecule has 74 valence electrons. The molecule has 0 aromatic heterocycles. The third-order valence-electron chi connectivity index (χ3n) is 1.83. The molecule has 1 N–H and O–H groups in total. The van der Waals surface area contributed by atoms with Gasteiger partial charge in [0.05, 0.1) is 0 Å². The molecule has 0 heterocycles. The van der Waals surface area contributed by atoms with Crippen LogP contribution in [0.5, 0.6) is 0 Å². The number of hydrogen-bond acceptors (Lipinski definition) is 1. The first-order chi connectivity index (χ1) is 5.68. The van der Waals surface area contributed by atoms with Gasteiger partial charge in [0.1, 0.15) is 5.38 Å². The number of alkyl halides is 1. The predicted octanol–water partition coefficient (Wildman–Crippen LogP) is 2.39. The SMILES string of the molecule is CCCCCCCC(Cl)C(=O)O.[KH]. The first kappa shape index (κ1) is 16.8. The molecule has 0 spiro atoms. The number of rotatable bonds is 7. The van der Waals surface area contributed by atoms with Crippen molar-refractivity contribution in [2.45, 2.75) is 50.8 Å². The monoisotopic (exact) mass is 232 g/mol. The van der Waals surface area contributed by atoms with Crippen LogP contribution in [-0.4, -0.2) is 67.8 Å². The summed E-state index contributed by atoms with van der Waals surface area (Å²) in [6.07, 6.45) is 6.27. The quantitative estimate of drug-likeness (QED) is 0.416. The van der Waals surface area contributed by atoms with E-state index in [0.717, 1.165) is 12.8 Å². The predicted molar refractivity (Wildman–Crippen MR) is 57.8 cm³/mol. The van der Waals surface area contributed by atoms with Gasteiger partial charge < -0.3 is 5.11 Å². The van der Waals surface area contributed by atoms with Gasteiger partial charge in [0.15, 0.2) is 0 Å². The zero-order valence-corrected chi connectivity index (χ0v) is 8.31. The molecule has 0 saturated carbocycles. The van der Waals surface area contributed by atoms with Crippen molar-refractivity contribution >= 4 is 69.0 Å². The molecular formula is C9H18ClKO2. The molecule has 0 aliphatic carbocycles. The van der Waals surface area contributed by atoms with Gasteiger partial charge in [0.25, 0.3) is 0 Å². The van der Waals surface area contributed by atoms with Crippen LogP contribution in [0.2, 0.25) is 0 Å². The van der Waals surface area contributed by atoms with E-state index in [2.05, 4.69) is 6.92 Å². The molecule has 0 amide bonds. The summed E-state index contributed by atoms with van der Waals surface area (Å²) in [5.74, 6) is -0.896. The van der Waals surface area contributed by atoms with Crippen molar-refractivity contribution in [1.29, 1.82) is 0 Å². The number of carboxylic acids is 1. The second-order valence-electron chi connectivity index (χ2n) is 3.01. The Balaban J connectivity index is 0. The Morgan fingerprint density at radius 3 is 2.31 bits per heavy atom. The van der Waals surface area contributed by atoms with E-state index in [-0.39, 0.29) is 51.4 Å². The topological polar surface area (TPSA) is 37.3 Å². The van der Waals surface area contributed by atoms with Gasteiger partial charge in [-0.25, -0.2) is 0 Å². The van der Waals surface area contributed by atoms with Crippen LogP contribution in [0.15, 0.2) is 0 Å². The van der Waals surface area contributed by atoms with Crippen molar-refractivity contribution in [3.05, 3.63) is 0 Å². The van der Waals surface area contributed by atoms with E-state index in [4.69, 9.17) is 16.7 Å². The first-order valence-electron chi connectivity index (χ1n) is 4.55. The fourth-order valence-electron chi connectivity index (χ4n) is 1.05. The first-order valence-corrected chi connectivity index (χ1v) is 4.99. The van der Waals surface area contributed by atoms with Crippen LogP contribution < -0.4 is 0 Å². The second-order valence-corrected chi connectivity index (χ2v) is 3.54. The van der Waals surface area contributed by atoms with E-state index < -0.39 is 11.3 Å². The average Bonchev–Trinajstić information content (AvgIpc) is 2.03. The molecule has 2 nitrogen and oxygen atoms in total. The summed E-state index contributed by atoms with van der Waals surface area (Å²) in [4.78, 5) is 10.3. The molecule has 13 heavy (non-hydrogen) atoms. The van der Waals surface area contributed by atoms with Gasteiger partial charge in [-0.15, -0.1) is 11.6 Å². The van der Waals surface area contributed by atoms with Gasteiger partial charge in [-0.05, 0) is 6.42 Å². The molecule has 0 aromatic rings. The molecule has 0 rings (SSSR count). The average molecular weight is 233 g/mol. The fourth-order valence-corrected chi connectivity index (χ4v) is 1.20.